The van der Waals surface area contributed by atoms with Crippen LogP contribution in [0, 0.1) is 11.7 Å². The molecule has 1 aliphatic heterocycles. The lowest BCUT2D eigenvalue weighted by molar-refractivity contribution is -0.129. The molecule has 0 saturated carbocycles. The topological polar surface area (TPSA) is 53.4 Å². The molecule has 1 amide bonds. The van der Waals surface area contributed by atoms with Gasteiger partial charge < -0.3 is 10.0 Å². The molecule has 3 rings (SSSR count). The minimum absolute atomic E-state index is 0.0221. The Hall–Kier alpha value is -2.27. The predicted molar refractivity (Wildman–Crippen MR) is 84.2 cm³/mol. The first-order chi connectivity index (χ1) is 11.2. The fraction of sp³-hybridized carbons (Fsp3) is 0.333. The van der Waals surface area contributed by atoms with Crippen molar-refractivity contribution in [2.24, 2.45) is 5.92 Å². The summed E-state index contributed by atoms with van der Waals surface area (Å²) in [7, 11) is 0. The first-order valence-corrected chi connectivity index (χ1v) is 7.70. The summed E-state index contributed by atoms with van der Waals surface area (Å²) in [6, 6.07) is 9.96. The van der Waals surface area contributed by atoms with E-state index in [4.69, 9.17) is 0 Å². The van der Waals surface area contributed by atoms with Crippen LogP contribution in [0.1, 0.15) is 17.0 Å². The summed E-state index contributed by atoms with van der Waals surface area (Å²) in [5, 5.41) is 9.62. The lowest BCUT2D eigenvalue weighted by Gasteiger charge is -2.16. The second kappa shape index (κ2) is 6.87. The first kappa shape index (κ1) is 15.6. The van der Waals surface area contributed by atoms with Crippen LogP contribution in [0.3, 0.4) is 0 Å². The Morgan fingerprint density at radius 1 is 1.26 bits per heavy atom. The van der Waals surface area contributed by atoms with Crippen LogP contribution in [0.2, 0.25) is 0 Å². The van der Waals surface area contributed by atoms with Crippen molar-refractivity contribution >= 4 is 5.91 Å². The highest BCUT2D eigenvalue weighted by Gasteiger charge is 2.35. The van der Waals surface area contributed by atoms with Gasteiger partial charge in [-0.2, -0.15) is 0 Å². The SMILES string of the molecule is O=C(Cc1cccc(F)c1)N1C[C@@H](CO)[C@H](c2ccncc2)C1. The molecule has 1 aromatic carbocycles. The number of pyridine rings is 1. The van der Waals surface area contributed by atoms with Crippen LogP contribution in [-0.2, 0) is 11.2 Å². The normalized spacial score (nSPS) is 20.7. The molecule has 1 saturated heterocycles. The van der Waals surface area contributed by atoms with Gasteiger partial charge in [-0.05, 0) is 35.4 Å². The van der Waals surface area contributed by atoms with E-state index in [1.165, 1.54) is 12.1 Å². The number of amides is 1. The average molecular weight is 314 g/mol. The van der Waals surface area contributed by atoms with Gasteiger partial charge in [0.15, 0.2) is 0 Å². The van der Waals surface area contributed by atoms with Crippen LogP contribution >= 0.6 is 0 Å². The molecule has 0 bridgehead atoms. The zero-order valence-corrected chi connectivity index (χ0v) is 12.7. The van der Waals surface area contributed by atoms with Crippen LogP contribution in [0.4, 0.5) is 4.39 Å². The van der Waals surface area contributed by atoms with Crippen molar-refractivity contribution in [2.45, 2.75) is 12.3 Å². The number of hydrogen-bond acceptors (Lipinski definition) is 3. The Labute approximate surface area is 134 Å². The smallest absolute Gasteiger partial charge is 0.227 e. The second-order valence-electron chi connectivity index (χ2n) is 5.94. The van der Waals surface area contributed by atoms with Gasteiger partial charge in [-0.25, -0.2) is 4.39 Å². The zero-order valence-electron chi connectivity index (χ0n) is 12.7. The van der Waals surface area contributed by atoms with Crippen LogP contribution in [0.15, 0.2) is 48.8 Å². The number of aliphatic hydroxyl groups excluding tert-OH is 1. The summed E-state index contributed by atoms with van der Waals surface area (Å²) in [4.78, 5) is 18.2. The Bertz CT molecular complexity index is 678. The third-order valence-corrected chi connectivity index (χ3v) is 4.41. The minimum atomic E-state index is -0.334. The maximum atomic E-state index is 13.2. The number of benzene rings is 1. The molecule has 0 aliphatic carbocycles. The molecule has 2 heterocycles. The van der Waals surface area contributed by atoms with E-state index in [9.17, 15) is 14.3 Å². The molecule has 4 nitrogen and oxygen atoms in total. The number of carbonyl (C=O) groups excluding carboxylic acids is 1. The first-order valence-electron chi connectivity index (χ1n) is 7.70. The molecule has 23 heavy (non-hydrogen) atoms. The van der Waals surface area contributed by atoms with Crippen molar-refractivity contribution in [1.29, 1.82) is 0 Å². The molecule has 2 aromatic rings. The van der Waals surface area contributed by atoms with Crippen molar-refractivity contribution in [2.75, 3.05) is 19.7 Å². The van der Waals surface area contributed by atoms with E-state index in [2.05, 4.69) is 4.98 Å². The van der Waals surface area contributed by atoms with Crippen molar-refractivity contribution in [3.8, 4) is 0 Å². The summed E-state index contributed by atoms with van der Waals surface area (Å²) in [5.41, 5.74) is 1.75. The van der Waals surface area contributed by atoms with Gasteiger partial charge in [-0.15, -0.1) is 0 Å². The Kier molecular flexibility index (Phi) is 4.67. The summed E-state index contributed by atoms with van der Waals surface area (Å²) in [5.74, 6) is -0.237. The molecule has 1 aliphatic rings. The lowest BCUT2D eigenvalue weighted by atomic mass is 9.90. The van der Waals surface area contributed by atoms with Gasteiger partial charge in [0.1, 0.15) is 5.82 Å². The third-order valence-electron chi connectivity index (χ3n) is 4.41. The molecule has 0 unspecified atom stereocenters. The number of aliphatic hydroxyl groups is 1. The zero-order chi connectivity index (χ0) is 16.2. The largest absolute Gasteiger partial charge is 0.396 e. The van der Waals surface area contributed by atoms with E-state index in [1.807, 2.05) is 12.1 Å². The van der Waals surface area contributed by atoms with E-state index in [1.54, 1.807) is 29.4 Å². The molecule has 120 valence electrons. The van der Waals surface area contributed by atoms with Crippen molar-refractivity contribution in [3.63, 3.8) is 0 Å². The third kappa shape index (κ3) is 3.56. The summed E-state index contributed by atoms with van der Waals surface area (Å²) < 4.78 is 13.2. The molecular formula is C18H19FN2O2. The van der Waals surface area contributed by atoms with E-state index in [-0.39, 0.29) is 36.6 Å². The maximum Gasteiger partial charge on any atom is 0.227 e. The van der Waals surface area contributed by atoms with E-state index in [0.717, 1.165) is 5.56 Å². The standard InChI is InChI=1S/C18H19FN2O2/c19-16-3-1-2-13(8-16)9-18(23)21-10-15(12-22)17(11-21)14-4-6-20-7-5-14/h1-8,15,17,22H,9-12H2/t15-,17-/m0/s1. The van der Waals surface area contributed by atoms with E-state index in [0.29, 0.717) is 18.7 Å². The predicted octanol–water partition coefficient (Wildman–Crippen LogP) is 2.00. The van der Waals surface area contributed by atoms with Crippen molar-refractivity contribution in [3.05, 3.63) is 65.7 Å². The van der Waals surface area contributed by atoms with Gasteiger partial charge in [0, 0.05) is 43.9 Å². The Morgan fingerprint density at radius 2 is 2.04 bits per heavy atom. The molecule has 1 fully saturated rings. The number of hydrogen-bond donors (Lipinski definition) is 1. The maximum absolute atomic E-state index is 13.2. The number of carbonyl (C=O) groups is 1. The lowest BCUT2D eigenvalue weighted by Crippen LogP contribution is -2.30. The van der Waals surface area contributed by atoms with Crippen LogP contribution in [0.5, 0.6) is 0 Å². The number of aromatic nitrogens is 1. The highest BCUT2D eigenvalue weighted by molar-refractivity contribution is 5.79. The number of rotatable bonds is 4. The van der Waals surface area contributed by atoms with Gasteiger partial charge in [0.2, 0.25) is 5.91 Å². The van der Waals surface area contributed by atoms with E-state index < -0.39 is 0 Å². The summed E-state index contributed by atoms with van der Waals surface area (Å²) in [6.07, 6.45) is 3.63. The van der Waals surface area contributed by atoms with Gasteiger partial charge in [-0.1, -0.05) is 12.1 Å². The van der Waals surface area contributed by atoms with Crippen LogP contribution in [-0.4, -0.2) is 40.6 Å². The Balaban J connectivity index is 1.70. The fourth-order valence-electron chi connectivity index (χ4n) is 3.18. The minimum Gasteiger partial charge on any atom is -0.396 e. The van der Waals surface area contributed by atoms with Gasteiger partial charge in [0.25, 0.3) is 0 Å². The number of halogens is 1. The monoisotopic (exact) mass is 314 g/mol. The molecule has 5 heteroatoms. The van der Waals surface area contributed by atoms with Crippen molar-refractivity contribution < 1.29 is 14.3 Å². The highest BCUT2D eigenvalue weighted by Crippen LogP contribution is 2.32. The second-order valence-corrected chi connectivity index (χ2v) is 5.94. The molecule has 0 spiro atoms. The van der Waals surface area contributed by atoms with Gasteiger partial charge in [-0.3, -0.25) is 9.78 Å². The number of likely N-dealkylation sites (tertiary alicyclic amines) is 1. The summed E-state index contributed by atoms with van der Waals surface area (Å²) in [6.45, 7) is 1.14. The van der Waals surface area contributed by atoms with Crippen LogP contribution < -0.4 is 0 Å². The molecule has 1 aromatic heterocycles. The highest BCUT2D eigenvalue weighted by atomic mass is 19.1. The van der Waals surface area contributed by atoms with Crippen LogP contribution in [0.25, 0.3) is 0 Å². The molecule has 0 radical (unpaired) electrons. The average Bonchev–Trinajstić information content (AvgIpc) is 3.00. The van der Waals surface area contributed by atoms with Crippen molar-refractivity contribution in [1.82, 2.24) is 9.88 Å². The number of nitrogens with zero attached hydrogens (tertiary/aromatic N) is 2. The molecular weight excluding hydrogens is 295 g/mol. The van der Waals surface area contributed by atoms with Gasteiger partial charge in [0.05, 0.1) is 6.42 Å². The Morgan fingerprint density at radius 3 is 2.74 bits per heavy atom. The molecule has 1 N–H and O–H groups in total. The van der Waals surface area contributed by atoms with Gasteiger partial charge >= 0.3 is 0 Å². The quantitative estimate of drug-likeness (QED) is 0.939. The molecule has 2 atom stereocenters. The fourth-order valence-corrected chi connectivity index (χ4v) is 3.18. The summed E-state index contributed by atoms with van der Waals surface area (Å²) >= 11 is 0. The van der Waals surface area contributed by atoms with E-state index >= 15 is 0 Å².